The van der Waals surface area contributed by atoms with Gasteiger partial charge in [0, 0.05) is 60.3 Å². The molecule has 9 nitrogen and oxygen atoms in total. The average Bonchev–Trinajstić information content (AvgIpc) is 3.65. The maximum atomic E-state index is 14.1. The summed E-state index contributed by atoms with van der Waals surface area (Å²) in [5, 5.41) is 0.265. The molecule has 2 aliphatic heterocycles. The fraction of sp³-hybridized carbons (Fsp3) is 0.257. The predicted molar refractivity (Wildman–Crippen MR) is 179 cm³/mol. The molecule has 0 bridgehead atoms. The summed E-state index contributed by atoms with van der Waals surface area (Å²) in [6.07, 6.45) is 3.21. The molecule has 0 aliphatic carbocycles. The molecule has 0 amide bonds. The number of ether oxygens (including phenoxy) is 3. The first-order valence-electron chi connectivity index (χ1n) is 15.1. The molecular formula is C35H36N4O5S2. The molecule has 11 heteroatoms. The molecule has 0 N–H and O–H groups in total. The van der Waals surface area contributed by atoms with Gasteiger partial charge >= 0.3 is 0 Å². The first-order chi connectivity index (χ1) is 22.5. The molecule has 7 rings (SSSR count). The first kappa shape index (κ1) is 31.5. The fourth-order valence-corrected chi connectivity index (χ4v) is 8.00. The van der Waals surface area contributed by atoms with Crippen molar-refractivity contribution in [1.29, 1.82) is 0 Å². The van der Waals surface area contributed by atoms with Crippen LogP contribution in [0, 0.1) is 0 Å². The second-order valence-electron chi connectivity index (χ2n) is 10.9. The SMILES string of the molecule is COc1ccc(CN(c2ncns2)S(=O)(=O)c2ccc3c(c2)OCC[C@H]3N2CCc3ccccc3C2)c(OC)c1.c1ccccc1. The molecule has 0 radical (unpaired) electrons. The lowest BCUT2D eigenvalue weighted by Gasteiger charge is -2.38. The van der Waals surface area contributed by atoms with E-state index in [0.717, 1.165) is 43.0 Å². The van der Waals surface area contributed by atoms with Gasteiger partial charge in [-0.25, -0.2) is 17.7 Å². The zero-order valence-corrected chi connectivity index (χ0v) is 27.4. The molecule has 238 valence electrons. The van der Waals surface area contributed by atoms with E-state index in [1.165, 1.54) is 21.8 Å². The Balaban J connectivity index is 0.000000557. The van der Waals surface area contributed by atoms with E-state index >= 15 is 0 Å². The highest BCUT2D eigenvalue weighted by Crippen LogP contribution is 2.40. The molecule has 0 saturated heterocycles. The van der Waals surface area contributed by atoms with Crippen molar-refractivity contribution in [3.63, 3.8) is 0 Å². The molecule has 1 aromatic heterocycles. The molecular weight excluding hydrogens is 621 g/mol. The average molecular weight is 657 g/mol. The van der Waals surface area contributed by atoms with Gasteiger partial charge in [-0.3, -0.25) is 4.90 Å². The third-order valence-electron chi connectivity index (χ3n) is 8.22. The topological polar surface area (TPSA) is 94.1 Å². The Bertz CT molecular complexity index is 1830. The van der Waals surface area contributed by atoms with E-state index in [9.17, 15) is 8.42 Å². The number of hydrogen-bond donors (Lipinski definition) is 0. The minimum Gasteiger partial charge on any atom is -0.497 e. The number of hydrogen-bond acceptors (Lipinski definition) is 9. The summed E-state index contributed by atoms with van der Waals surface area (Å²) in [5.74, 6) is 1.74. The van der Waals surface area contributed by atoms with Crippen molar-refractivity contribution in [1.82, 2.24) is 14.3 Å². The molecule has 1 atom stereocenters. The lowest BCUT2D eigenvalue weighted by Crippen LogP contribution is -2.36. The molecule has 3 heterocycles. The van der Waals surface area contributed by atoms with E-state index in [0.29, 0.717) is 29.4 Å². The van der Waals surface area contributed by atoms with Crippen molar-refractivity contribution in [2.75, 3.05) is 31.7 Å². The summed E-state index contributed by atoms with van der Waals surface area (Å²) >= 11 is 1.02. The third-order valence-corrected chi connectivity index (χ3v) is 10.8. The number of nitrogens with zero attached hydrogens (tertiary/aromatic N) is 4. The highest BCUT2D eigenvalue weighted by molar-refractivity contribution is 7.93. The second-order valence-corrected chi connectivity index (χ2v) is 13.5. The number of sulfonamides is 1. The summed E-state index contributed by atoms with van der Waals surface area (Å²) in [6.45, 7) is 2.37. The molecule has 0 fully saturated rings. The summed E-state index contributed by atoms with van der Waals surface area (Å²) in [6, 6.07) is 31.2. The van der Waals surface area contributed by atoms with E-state index in [4.69, 9.17) is 14.2 Å². The van der Waals surface area contributed by atoms with E-state index in [1.54, 1.807) is 44.6 Å². The van der Waals surface area contributed by atoms with Crippen LogP contribution in [0.5, 0.6) is 17.2 Å². The van der Waals surface area contributed by atoms with Gasteiger partial charge in [0.1, 0.15) is 23.6 Å². The largest absolute Gasteiger partial charge is 0.497 e. The lowest BCUT2D eigenvalue weighted by molar-refractivity contribution is 0.127. The van der Waals surface area contributed by atoms with Crippen LogP contribution in [0.2, 0.25) is 0 Å². The molecule has 5 aromatic rings. The highest BCUT2D eigenvalue weighted by atomic mass is 32.2. The molecule has 46 heavy (non-hydrogen) atoms. The van der Waals surface area contributed by atoms with Crippen molar-refractivity contribution in [2.24, 2.45) is 0 Å². The van der Waals surface area contributed by atoms with Crippen LogP contribution in [0.1, 0.15) is 34.7 Å². The van der Waals surface area contributed by atoms with Gasteiger partial charge in [0.25, 0.3) is 10.0 Å². The van der Waals surface area contributed by atoms with Crippen molar-refractivity contribution in [3.05, 3.63) is 126 Å². The van der Waals surface area contributed by atoms with Gasteiger partial charge in [-0.1, -0.05) is 66.7 Å². The molecule has 0 unspecified atom stereocenters. The molecule has 2 aliphatic rings. The second kappa shape index (κ2) is 14.3. The quantitative estimate of drug-likeness (QED) is 0.186. The summed E-state index contributed by atoms with van der Waals surface area (Å²) < 4.78 is 50.4. The minimum absolute atomic E-state index is 0.0123. The van der Waals surface area contributed by atoms with Crippen molar-refractivity contribution in [2.45, 2.75) is 36.9 Å². The first-order valence-corrected chi connectivity index (χ1v) is 17.3. The van der Waals surface area contributed by atoms with E-state index in [2.05, 4.69) is 38.5 Å². The molecule has 0 saturated carbocycles. The van der Waals surface area contributed by atoms with Gasteiger partial charge in [0.2, 0.25) is 5.13 Å². The number of rotatable bonds is 8. The van der Waals surface area contributed by atoms with Crippen LogP contribution in [0.3, 0.4) is 0 Å². The van der Waals surface area contributed by atoms with E-state index < -0.39 is 10.0 Å². The Morgan fingerprint density at radius 3 is 2.39 bits per heavy atom. The van der Waals surface area contributed by atoms with E-state index in [-0.39, 0.29) is 22.6 Å². The number of fused-ring (bicyclic) bond motifs is 2. The van der Waals surface area contributed by atoms with Crippen molar-refractivity contribution >= 4 is 26.7 Å². The third kappa shape index (κ3) is 6.86. The summed E-state index contributed by atoms with van der Waals surface area (Å²) in [7, 11) is -0.907. The van der Waals surface area contributed by atoms with Gasteiger partial charge in [-0.2, -0.15) is 4.37 Å². The summed E-state index contributed by atoms with van der Waals surface area (Å²) in [5.41, 5.74) is 4.44. The lowest BCUT2D eigenvalue weighted by atomic mass is 9.94. The molecule has 0 spiro atoms. The Labute approximate surface area is 274 Å². The minimum atomic E-state index is -4.02. The maximum absolute atomic E-state index is 14.1. The smallest absolute Gasteiger partial charge is 0.266 e. The van der Waals surface area contributed by atoms with Crippen LogP contribution >= 0.6 is 11.5 Å². The molecule has 4 aromatic carbocycles. The Morgan fingerprint density at radius 2 is 1.70 bits per heavy atom. The summed E-state index contributed by atoms with van der Waals surface area (Å²) in [4.78, 5) is 6.83. The Morgan fingerprint density at radius 1 is 0.935 bits per heavy atom. The maximum Gasteiger partial charge on any atom is 0.266 e. The Kier molecular flexibility index (Phi) is 9.82. The zero-order valence-electron chi connectivity index (χ0n) is 25.8. The highest BCUT2D eigenvalue weighted by Gasteiger charge is 2.33. The van der Waals surface area contributed by atoms with Gasteiger partial charge in [-0.15, -0.1) is 0 Å². The van der Waals surface area contributed by atoms with Gasteiger partial charge in [-0.05, 0) is 35.7 Å². The van der Waals surface area contributed by atoms with Gasteiger partial charge < -0.3 is 14.2 Å². The Hall–Kier alpha value is -4.45. The normalized spacial score (nSPS) is 15.7. The monoisotopic (exact) mass is 656 g/mol. The van der Waals surface area contributed by atoms with Crippen LogP contribution in [-0.2, 0) is 29.5 Å². The number of anilines is 1. The van der Waals surface area contributed by atoms with Crippen LogP contribution < -0.4 is 18.5 Å². The standard InChI is InChI=1S/C29H30N4O5S2.C6H6/c1-36-23-8-7-22(27(15-23)37-2)18-33(29-30-19-31-39-29)40(34,35)24-9-10-25-26(12-14-38-28(25)16-24)32-13-11-20-5-3-4-6-21(20)17-32;1-2-4-6-5-3-1/h3-10,15-16,19,26H,11-14,17-18H2,1-2H3;1-6H/t26-;/m1./s1. The number of benzene rings is 4. The predicted octanol–water partition coefficient (Wildman–Crippen LogP) is 6.52. The van der Waals surface area contributed by atoms with Crippen LogP contribution in [-0.4, -0.2) is 50.0 Å². The van der Waals surface area contributed by atoms with Crippen molar-refractivity contribution in [3.8, 4) is 17.2 Å². The number of aromatic nitrogens is 2. The van der Waals surface area contributed by atoms with Crippen LogP contribution in [0.15, 0.2) is 108 Å². The van der Waals surface area contributed by atoms with Crippen molar-refractivity contribution < 1.29 is 22.6 Å². The zero-order chi connectivity index (χ0) is 31.9. The van der Waals surface area contributed by atoms with Crippen LogP contribution in [0.4, 0.5) is 5.13 Å². The number of methoxy groups -OCH3 is 2. The fourth-order valence-electron chi connectivity index (χ4n) is 5.86. The van der Waals surface area contributed by atoms with Gasteiger partial charge in [0.15, 0.2) is 0 Å². The van der Waals surface area contributed by atoms with Crippen LogP contribution in [0.25, 0.3) is 0 Å². The van der Waals surface area contributed by atoms with E-state index in [1.807, 2.05) is 42.5 Å². The van der Waals surface area contributed by atoms with Gasteiger partial charge in [0.05, 0.1) is 32.3 Å².